The first-order valence-electron chi connectivity index (χ1n) is 8.12. The number of hydrogen-bond donors (Lipinski definition) is 0. The molecule has 0 aromatic carbocycles. The number of hydrogen-bond acceptors (Lipinski definition) is 0. The second kappa shape index (κ2) is 6.55. The lowest BCUT2D eigenvalue weighted by atomic mass is 9.56. The van der Waals surface area contributed by atoms with Crippen LogP contribution in [-0.2, 0) is 0 Å². The van der Waals surface area contributed by atoms with Gasteiger partial charge in [0.2, 0.25) is 0 Å². The molecule has 0 aromatic heterocycles. The van der Waals surface area contributed by atoms with Gasteiger partial charge in [-0.05, 0) is 5.92 Å². The van der Waals surface area contributed by atoms with Crippen molar-refractivity contribution in [1.82, 2.24) is 0 Å². The van der Waals surface area contributed by atoms with E-state index in [1.54, 1.807) is 0 Å². The van der Waals surface area contributed by atoms with E-state index in [2.05, 4.69) is 0 Å². The maximum Gasteiger partial charge on any atom is 0.428 e. The molecule has 0 saturated carbocycles. The van der Waals surface area contributed by atoms with Crippen LogP contribution in [0.5, 0.6) is 0 Å². The van der Waals surface area contributed by atoms with E-state index in [0.29, 0.717) is 27.7 Å². The Bertz CT molecular complexity index is 460. The fraction of sp³-hybridized carbons (Fsp3) is 1.00. The van der Waals surface area contributed by atoms with Crippen LogP contribution in [0.15, 0.2) is 0 Å². The van der Waals surface area contributed by atoms with E-state index >= 15 is 0 Å². The van der Waals surface area contributed by atoms with Gasteiger partial charge in [-0.1, -0.05) is 55.4 Å². The molecule has 152 valence electrons. The molecule has 0 aliphatic carbocycles. The van der Waals surface area contributed by atoms with Gasteiger partial charge in [0.25, 0.3) is 17.5 Å². The van der Waals surface area contributed by atoms with Crippen LogP contribution in [-0.4, -0.2) is 23.7 Å². The molecule has 0 aliphatic heterocycles. The van der Waals surface area contributed by atoms with Gasteiger partial charge in [0.15, 0.2) is 0 Å². The molecule has 0 nitrogen and oxygen atoms in total. The summed E-state index contributed by atoms with van der Waals surface area (Å²) in [5.41, 5.74) is -10.5. The Hall–Kier alpha value is -0.560. The summed E-state index contributed by atoms with van der Waals surface area (Å²) in [4.78, 5) is 0. The van der Waals surface area contributed by atoms with Crippen LogP contribution in [0.3, 0.4) is 0 Å². The molecule has 0 spiro atoms. The molecule has 8 heteroatoms. The summed E-state index contributed by atoms with van der Waals surface area (Å²) in [6.07, 6.45) is -6.71. The van der Waals surface area contributed by atoms with E-state index in [4.69, 9.17) is 0 Å². The molecule has 0 fully saturated rings. The van der Waals surface area contributed by atoms with Gasteiger partial charge in [-0.3, -0.25) is 0 Å². The van der Waals surface area contributed by atoms with Gasteiger partial charge in [-0.15, -0.1) is 0 Å². The summed E-state index contributed by atoms with van der Waals surface area (Å²) in [7, 11) is 0. The Kier molecular flexibility index (Phi) is 6.41. The molecule has 0 radical (unpaired) electrons. The zero-order valence-electron chi connectivity index (χ0n) is 15.9. The SMILES string of the molecule is CC(C)CC(F)(F)C(C)(C)C(C)(C)C(F)(F)C(F)(C(C)C)C(F)(F)F. The molecule has 0 N–H and O–H groups in total. The van der Waals surface area contributed by atoms with Crippen molar-refractivity contribution in [1.29, 1.82) is 0 Å². The summed E-state index contributed by atoms with van der Waals surface area (Å²) in [6.45, 7) is 6.89. The van der Waals surface area contributed by atoms with Gasteiger partial charge in [0.1, 0.15) is 0 Å². The molecule has 25 heavy (non-hydrogen) atoms. The molecule has 0 amide bonds. The zero-order chi connectivity index (χ0) is 20.9. The molecular weight excluding hydrogens is 356 g/mol. The van der Waals surface area contributed by atoms with Crippen molar-refractivity contribution >= 4 is 0 Å². The fourth-order valence-corrected chi connectivity index (χ4v) is 2.94. The van der Waals surface area contributed by atoms with E-state index in [1.807, 2.05) is 0 Å². The van der Waals surface area contributed by atoms with Crippen molar-refractivity contribution in [2.45, 2.75) is 85.5 Å². The molecule has 0 rings (SSSR count). The average molecular weight is 384 g/mol. The van der Waals surface area contributed by atoms with Gasteiger partial charge < -0.3 is 0 Å². The number of halogens is 8. The summed E-state index contributed by atoms with van der Waals surface area (Å²) in [5, 5.41) is 0. The van der Waals surface area contributed by atoms with E-state index < -0.39 is 52.8 Å². The first kappa shape index (κ1) is 24.4. The van der Waals surface area contributed by atoms with Gasteiger partial charge in [-0.2, -0.15) is 13.2 Å². The lowest BCUT2D eigenvalue weighted by Gasteiger charge is -2.54. The normalized spacial score (nSPS) is 18.0. The quantitative estimate of drug-likeness (QED) is 0.405. The van der Waals surface area contributed by atoms with Crippen molar-refractivity contribution in [3.05, 3.63) is 0 Å². The molecular formula is C17H28F8. The van der Waals surface area contributed by atoms with Crippen molar-refractivity contribution in [3.8, 4) is 0 Å². The van der Waals surface area contributed by atoms with Gasteiger partial charge in [-0.25, -0.2) is 22.0 Å². The van der Waals surface area contributed by atoms with E-state index in [-0.39, 0.29) is 0 Å². The molecule has 0 heterocycles. The maximum atomic E-state index is 14.9. The fourth-order valence-electron chi connectivity index (χ4n) is 2.94. The summed E-state index contributed by atoms with van der Waals surface area (Å²) in [6, 6.07) is 0. The van der Waals surface area contributed by atoms with Gasteiger partial charge >= 0.3 is 6.18 Å². The van der Waals surface area contributed by atoms with E-state index in [0.717, 1.165) is 13.8 Å². The monoisotopic (exact) mass is 384 g/mol. The number of alkyl halides is 8. The lowest BCUT2D eigenvalue weighted by Crippen LogP contribution is -2.69. The highest BCUT2D eigenvalue weighted by molar-refractivity contribution is 5.13. The minimum absolute atomic E-state index is 0.573. The molecule has 0 aromatic rings. The molecule has 1 atom stereocenters. The van der Waals surface area contributed by atoms with E-state index in [9.17, 15) is 35.1 Å². The minimum atomic E-state index is -5.91. The second-order valence-corrected chi connectivity index (χ2v) is 8.49. The van der Waals surface area contributed by atoms with Crippen LogP contribution in [0.1, 0.15) is 61.8 Å². The average Bonchev–Trinajstić information content (AvgIpc) is 2.33. The predicted molar refractivity (Wildman–Crippen MR) is 81.6 cm³/mol. The van der Waals surface area contributed by atoms with Crippen molar-refractivity contribution in [3.63, 3.8) is 0 Å². The largest absolute Gasteiger partial charge is 0.428 e. The zero-order valence-corrected chi connectivity index (χ0v) is 15.9. The smallest absolute Gasteiger partial charge is 0.227 e. The highest BCUT2D eigenvalue weighted by atomic mass is 19.4. The highest BCUT2D eigenvalue weighted by Gasteiger charge is 2.80. The Balaban J connectivity index is 6.46. The third kappa shape index (κ3) is 3.51. The van der Waals surface area contributed by atoms with Crippen LogP contribution in [0.25, 0.3) is 0 Å². The second-order valence-electron chi connectivity index (χ2n) is 8.49. The van der Waals surface area contributed by atoms with Crippen molar-refractivity contribution < 1.29 is 35.1 Å². The van der Waals surface area contributed by atoms with Gasteiger partial charge in [0.05, 0.1) is 0 Å². The molecule has 0 saturated heterocycles. The standard InChI is InChI=1S/C17H28F8/c1-10(2)9-14(18,19)12(5,6)13(7,8)16(21,22)15(20,11(3)4)17(23,24)25/h10-11H,9H2,1-8H3. The number of rotatable bonds is 7. The summed E-state index contributed by atoms with van der Waals surface area (Å²) < 4.78 is 114. The van der Waals surface area contributed by atoms with Crippen LogP contribution in [0, 0.1) is 22.7 Å². The predicted octanol–water partition coefficient (Wildman–Crippen LogP) is 7.28. The third-order valence-corrected chi connectivity index (χ3v) is 5.59. The maximum absolute atomic E-state index is 14.9. The van der Waals surface area contributed by atoms with Crippen LogP contribution in [0.4, 0.5) is 35.1 Å². The first-order chi connectivity index (χ1) is 10.6. The minimum Gasteiger partial charge on any atom is -0.227 e. The Morgan fingerprint density at radius 3 is 1.24 bits per heavy atom. The summed E-state index contributed by atoms with van der Waals surface area (Å²) in [5.74, 6) is -11.5. The first-order valence-corrected chi connectivity index (χ1v) is 8.12. The van der Waals surface area contributed by atoms with Crippen LogP contribution in [0.2, 0.25) is 0 Å². The summed E-state index contributed by atoms with van der Waals surface area (Å²) >= 11 is 0. The Labute approximate surface area is 144 Å². The van der Waals surface area contributed by atoms with E-state index in [1.165, 1.54) is 13.8 Å². The highest BCUT2D eigenvalue weighted by Crippen LogP contribution is 2.65. The molecule has 0 aliphatic rings. The van der Waals surface area contributed by atoms with Crippen LogP contribution < -0.4 is 0 Å². The topological polar surface area (TPSA) is 0 Å². The molecule has 0 bridgehead atoms. The lowest BCUT2D eigenvalue weighted by molar-refractivity contribution is -0.364. The Morgan fingerprint density at radius 1 is 0.640 bits per heavy atom. The van der Waals surface area contributed by atoms with Crippen molar-refractivity contribution in [2.75, 3.05) is 0 Å². The Morgan fingerprint density at radius 2 is 1.00 bits per heavy atom. The molecule has 1 unspecified atom stereocenters. The van der Waals surface area contributed by atoms with Gasteiger partial charge in [0, 0.05) is 23.2 Å². The third-order valence-electron chi connectivity index (χ3n) is 5.59. The van der Waals surface area contributed by atoms with Crippen molar-refractivity contribution in [2.24, 2.45) is 22.7 Å². The van der Waals surface area contributed by atoms with Crippen LogP contribution >= 0.6 is 0 Å².